The van der Waals surface area contributed by atoms with Gasteiger partial charge in [0.25, 0.3) is 0 Å². The number of rotatable bonds is 10. The number of carbonyl (C=O) groups excluding carboxylic acids is 1. The maximum Gasteiger partial charge on any atom is 0.235 e. The van der Waals surface area contributed by atoms with Crippen LogP contribution in [-0.4, -0.2) is 48.8 Å². The third-order valence-corrected chi connectivity index (χ3v) is 7.64. The van der Waals surface area contributed by atoms with E-state index in [2.05, 4.69) is 10.2 Å². The maximum absolute atomic E-state index is 13.8. The Labute approximate surface area is 218 Å². The van der Waals surface area contributed by atoms with Crippen LogP contribution < -0.4 is 5.32 Å². The number of amides is 1. The number of halogens is 2. The minimum atomic E-state index is -0.900. The Bertz CT molecular complexity index is 1060. The van der Waals surface area contributed by atoms with Crippen molar-refractivity contribution in [2.24, 2.45) is 0 Å². The quantitative estimate of drug-likeness (QED) is 0.357. The van der Waals surface area contributed by atoms with Gasteiger partial charge in [0.15, 0.2) is 0 Å². The largest absolute Gasteiger partial charge is 0.385 e. The molecule has 0 saturated carbocycles. The van der Waals surface area contributed by atoms with Crippen molar-refractivity contribution in [1.82, 2.24) is 10.2 Å². The molecule has 0 radical (unpaired) electrons. The first-order valence-corrected chi connectivity index (χ1v) is 13.0. The van der Waals surface area contributed by atoms with Gasteiger partial charge < -0.3 is 15.3 Å². The SMILES string of the molecule is O=C(NCCCF)C(CCN1CCC(O)(c2ccc(Cl)cc2)CC1)(c1ccccc1)c1ccccc1. The predicted molar refractivity (Wildman–Crippen MR) is 143 cm³/mol. The fourth-order valence-corrected chi connectivity index (χ4v) is 5.34. The molecule has 0 unspecified atom stereocenters. The van der Waals surface area contributed by atoms with E-state index in [9.17, 15) is 14.3 Å². The van der Waals surface area contributed by atoms with Crippen LogP contribution in [0, 0.1) is 0 Å². The molecule has 0 bridgehead atoms. The standard InChI is InChI=1S/C30H34ClFN2O2/c31-27-14-12-24(13-15-27)29(36)16-21-34(22-17-29)23-18-30(25-8-3-1-4-9-25,26-10-5-2-6-11-26)28(35)33-20-7-19-32/h1-6,8-15,36H,7,16-23H2,(H,33,35). The summed E-state index contributed by atoms with van der Waals surface area (Å²) in [5.74, 6) is -0.108. The van der Waals surface area contributed by atoms with E-state index in [1.807, 2.05) is 84.9 Å². The molecule has 0 atom stereocenters. The summed E-state index contributed by atoms with van der Waals surface area (Å²) in [5, 5.41) is 14.9. The van der Waals surface area contributed by atoms with Gasteiger partial charge in [0.1, 0.15) is 5.41 Å². The molecule has 2 N–H and O–H groups in total. The molecule has 4 rings (SSSR count). The van der Waals surface area contributed by atoms with Gasteiger partial charge in [-0.1, -0.05) is 84.4 Å². The summed E-state index contributed by atoms with van der Waals surface area (Å²) in [6.07, 6.45) is 2.09. The third-order valence-electron chi connectivity index (χ3n) is 7.38. The number of carbonyl (C=O) groups is 1. The fraction of sp³-hybridized carbons (Fsp3) is 0.367. The second kappa shape index (κ2) is 12.0. The van der Waals surface area contributed by atoms with E-state index < -0.39 is 17.7 Å². The van der Waals surface area contributed by atoms with E-state index in [1.54, 1.807) is 0 Å². The minimum absolute atomic E-state index is 0.108. The normalized spacial score (nSPS) is 16.0. The molecule has 1 amide bonds. The fourth-order valence-electron chi connectivity index (χ4n) is 5.22. The first-order chi connectivity index (χ1) is 17.5. The lowest BCUT2D eigenvalue weighted by molar-refractivity contribution is -0.125. The molecule has 0 spiro atoms. The highest BCUT2D eigenvalue weighted by molar-refractivity contribution is 6.30. The zero-order valence-corrected chi connectivity index (χ0v) is 21.3. The molecule has 1 aliphatic rings. The van der Waals surface area contributed by atoms with Gasteiger partial charge in [-0.05, 0) is 61.1 Å². The lowest BCUT2D eigenvalue weighted by atomic mass is 9.71. The number of benzene rings is 3. The van der Waals surface area contributed by atoms with Crippen LogP contribution in [-0.2, 0) is 15.8 Å². The highest BCUT2D eigenvalue weighted by atomic mass is 35.5. The van der Waals surface area contributed by atoms with Crippen molar-refractivity contribution in [2.75, 3.05) is 32.9 Å². The molecule has 36 heavy (non-hydrogen) atoms. The minimum Gasteiger partial charge on any atom is -0.385 e. The zero-order valence-electron chi connectivity index (χ0n) is 20.5. The number of hydrogen-bond donors (Lipinski definition) is 2. The summed E-state index contributed by atoms with van der Waals surface area (Å²) in [6, 6.07) is 27.1. The molecule has 6 heteroatoms. The Morgan fingerprint density at radius 3 is 2.03 bits per heavy atom. The van der Waals surface area contributed by atoms with E-state index in [1.165, 1.54) is 0 Å². The van der Waals surface area contributed by atoms with Gasteiger partial charge in [-0.3, -0.25) is 9.18 Å². The number of aliphatic hydroxyl groups is 1. The number of alkyl halides is 1. The second-order valence-electron chi connectivity index (χ2n) is 9.57. The summed E-state index contributed by atoms with van der Waals surface area (Å²) in [4.78, 5) is 16.1. The van der Waals surface area contributed by atoms with Crippen molar-refractivity contribution in [2.45, 2.75) is 36.7 Å². The Kier molecular flexibility index (Phi) is 8.78. The number of piperidine rings is 1. The van der Waals surface area contributed by atoms with Crippen LogP contribution in [0.15, 0.2) is 84.9 Å². The Morgan fingerprint density at radius 2 is 1.50 bits per heavy atom. The molecule has 1 fully saturated rings. The molecule has 4 nitrogen and oxygen atoms in total. The molecular formula is C30H34ClFN2O2. The van der Waals surface area contributed by atoms with E-state index in [-0.39, 0.29) is 5.91 Å². The van der Waals surface area contributed by atoms with Gasteiger partial charge in [0, 0.05) is 24.7 Å². The highest BCUT2D eigenvalue weighted by Gasteiger charge is 2.42. The van der Waals surface area contributed by atoms with Crippen LogP contribution in [0.3, 0.4) is 0 Å². The zero-order chi connectivity index (χ0) is 25.4. The van der Waals surface area contributed by atoms with Gasteiger partial charge in [-0.25, -0.2) is 0 Å². The van der Waals surface area contributed by atoms with Crippen LogP contribution in [0.5, 0.6) is 0 Å². The first-order valence-electron chi connectivity index (χ1n) is 12.6. The van der Waals surface area contributed by atoms with Gasteiger partial charge in [0.2, 0.25) is 5.91 Å². The summed E-state index contributed by atoms with van der Waals surface area (Å²) >= 11 is 6.03. The van der Waals surface area contributed by atoms with Crippen molar-refractivity contribution >= 4 is 17.5 Å². The molecule has 3 aromatic rings. The van der Waals surface area contributed by atoms with Gasteiger partial charge in [-0.15, -0.1) is 0 Å². The van der Waals surface area contributed by atoms with Crippen molar-refractivity contribution in [3.05, 3.63) is 107 Å². The van der Waals surface area contributed by atoms with Gasteiger partial charge in [-0.2, -0.15) is 0 Å². The van der Waals surface area contributed by atoms with E-state index >= 15 is 0 Å². The smallest absolute Gasteiger partial charge is 0.235 e. The summed E-state index contributed by atoms with van der Waals surface area (Å²) in [5.41, 5.74) is 0.956. The summed E-state index contributed by atoms with van der Waals surface area (Å²) < 4.78 is 12.8. The topological polar surface area (TPSA) is 52.6 Å². The van der Waals surface area contributed by atoms with Crippen LogP contribution in [0.1, 0.15) is 42.4 Å². The average Bonchev–Trinajstić information content (AvgIpc) is 2.92. The van der Waals surface area contributed by atoms with Crippen LogP contribution in [0.25, 0.3) is 0 Å². The number of hydrogen-bond acceptors (Lipinski definition) is 3. The second-order valence-corrected chi connectivity index (χ2v) is 10.0. The summed E-state index contributed by atoms with van der Waals surface area (Å²) in [6.45, 7) is 1.98. The van der Waals surface area contributed by atoms with Gasteiger partial charge in [0.05, 0.1) is 12.3 Å². The lowest BCUT2D eigenvalue weighted by Crippen LogP contribution is -2.49. The third kappa shape index (κ3) is 5.80. The lowest BCUT2D eigenvalue weighted by Gasteiger charge is -2.41. The molecule has 1 aliphatic heterocycles. The summed E-state index contributed by atoms with van der Waals surface area (Å²) in [7, 11) is 0. The molecule has 1 heterocycles. The molecule has 1 saturated heterocycles. The average molecular weight is 509 g/mol. The number of nitrogens with zero attached hydrogens (tertiary/aromatic N) is 1. The Hall–Kier alpha value is -2.73. The molecular weight excluding hydrogens is 475 g/mol. The van der Waals surface area contributed by atoms with Crippen LogP contribution in [0.2, 0.25) is 5.02 Å². The molecule has 0 aliphatic carbocycles. The van der Waals surface area contributed by atoms with Crippen molar-refractivity contribution < 1.29 is 14.3 Å². The molecule has 3 aromatic carbocycles. The maximum atomic E-state index is 13.8. The Morgan fingerprint density at radius 1 is 0.944 bits per heavy atom. The Balaban J connectivity index is 1.56. The van der Waals surface area contributed by atoms with Crippen molar-refractivity contribution in [1.29, 1.82) is 0 Å². The van der Waals surface area contributed by atoms with E-state index in [4.69, 9.17) is 11.6 Å². The van der Waals surface area contributed by atoms with Crippen molar-refractivity contribution in [3.63, 3.8) is 0 Å². The first kappa shape index (κ1) is 26.3. The predicted octanol–water partition coefficient (Wildman–Crippen LogP) is 5.48. The van der Waals surface area contributed by atoms with Crippen LogP contribution >= 0.6 is 11.6 Å². The van der Waals surface area contributed by atoms with E-state index in [0.29, 0.717) is 43.8 Å². The monoisotopic (exact) mass is 508 g/mol. The van der Waals surface area contributed by atoms with Crippen LogP contribution in [0.4, 0.5) is 4.39 Å². The van der Waals surface area contributed by atoms with E-state index in [0.717, 1.165) is 29.8 Å². The number of nitrogens with one attached hydrogen (secondary N) is 1. The van der Waals surface area contributed by atoms with Gasteiger partial charge >= 0.3 is 0 Å². The molecule has 190 valence electrons. The highest BCUT2D eigenvalue weighted by Crippen LogP contribution is 2.38. The number of likely N-dealkylation sites (tertiary alicyclic amines) is 1. The van der Waals surface area contributed by atoms with Crippen molar-refractivity contribution in [3.8, 4) is 0 Å². The molecule has 0 aromatic heterocycles.